The first-order chi connectivity index (χ1) is 13.9. The lowest BCUT2D eigenvalue weighted by atomic mass is 10.2. The number of nitrogens with one attached hydrogen (secondary N) is 2. The summed E-state index contributed by atoms with van der Waals surface area (Å²) in [6.07, 6.45) is -1.03. The maximum Gasteiger partial charge on any atom is 0.308 e. The fourth-order valence-corrected chi connectivity index (χ4v) is 2.69. The molecule has 1 atom stereocenters. The largest absolute Gasteiger partial charge is 0.496 e. The van der Waals surface area contributed by atoms with E-state index in [1.165, 1.54) is 14.0 Å². The minimum atomic E-state index is -0.963. The van der Waals surface area contributed by atoms with Crippen molar-refractivity contribution in [3.8, 4) is 5.75 Å². The Labute approximate surface area is 174 Å². The summed E-state index contributed by atoms with van der Waals surface area (Å²) >= 11 is 6.04. The van der Waals surface area contributed by atoms with Gasteiger partial charge in [0, 0.05) is 18.1 Å². The lowest BCUT2D eigenvalue weighted by Gasteiger charge is -2.14. The zero-order valence-corrected chi connectivity index (χ0v) is 17.0. The second kappa shape index (κ2) is 11.1. The number of halogens is 1. The number of hydrogen-bond donors (Lipinski definition) is 2. The summed E-state index contributed by atoms with van der Waals surface area (Å²) in [5.41, 5.74) is 1.13. The van der Waals surface area contributed by atoms with Crippen LogP contribution < -0.4 is 15.4 Å². The van der Waals surface area contributed by atoms with Crippen LogP contribution in [0.1, 0.15) is 29.3 Å². The van der Waals surface area contributed by atoms with Crippen molar-refractivity contribution in [3.05, 3.63) is 64.7 Å². The van der Waals surface area contributed by atoms with Gasteiger partial charge in [-0.15, -0.1) is 0 Å². The molecule has 0 aliphatic rings. The van der Waals surface area contributed by atoms with E-state index in [2.05, 4.69) is 10.6 Å². The van der Waals surface area contributed by atoms with Crippen LogP contribution in [0.5, 0.6) is 5.75 Å². The van der Waals surface area contributed by atoms with E-state index in [4.69, 9.17) is 21.1 Å². The van der Waals surface area contributed by atoms with Gasteiger partial charge in [0.25, 0.3) is 11.8 Å². The van der Waals surface area contributed by atoms with Crippen molar-refractivity contribution < 1.29 is 23.9 Å². The quantitative estimate of drug-likeness (QED) is 0.611. The van der Waals surface area contributed by atoms with Crippen LogP contribution in [-0.2, 0) is 20.9 Å². The molecular formula is C21H23ClN2O5. The number of para-hydroxylation sites is 1. The molecule has 29 heavy (non-hydrogen) atoms. The Kier molecular flexibility index (Phi) is 8.48. The van der Waals surface area contributed by atoms with E-state index in [1.807, 2.05) is 6.07 Å². The minimum absolute atomic E-state index is 0.0664. The van der Waals surface area contributed by atoms with E-state index in [-0.39, 0.29) is 25.4 Å². The summed E-state index contributed by atoms with van der Waals surface area (Å²) in [4.78, 5) is 36.2. The van der Waals surface area contributed by atoms with Gasteiger partial charge in [-0.1, -0.05) is 41.9 Å². The highest BCUT2D eigenvalue weighted by Crippen LogP contribution is 2.17. The zero-order chi connectivity index (χ0) is 21.2. The molecule has 0 spiro atoms. The summed E-state index contributed by atoms with van der Waals surface area (Å²) in [5, 5.41) is 5.84. The van der Waals surface area contributed by atoms with Crippen molar-refractivity contribution in [2.24, 2.45) is 0 Å². The first-order valence-electron chi connectivity index (χ1n) is 9.04. The van der Waals surface area contributed by atoms with E-state index in [9.17, 15) is 14.4 Å². The van der Waals surface area contributed by atoms with Gasteiger partial charge in [-0.3, -0.25) is 14.4 Å². The van der Waals surface area contributed by atoms with Crippen LogP contribution in [0, 0.1) is 0 Å². The molecule has 8 heteroatoms. The maximum atomic E-state index is 12.2. The molecule has 0 unspecified atom stereocenters. The zero-order valence-electron chi connectivity index (χ0n) is 16.2. The molecule has 0 saturated carbocycles. The molecule has 0 aliphatic heterocycles. The molecule has 0 aromatic heterocycles. The van der Waals surface area contributed by atoms with E-state index in [0.717, 1.165) is 5.56 Å². The molecule has 154 valence electrons. The van der Waals surface area contributed by atoms with Gasteiger partial charge in [-0.25, -0.2) is 0 Å². The number of carbonyl (C=O) groups is 3. The van der Waals surface area contributed by atoms with Gasteiger partial charge in [0.1, 0.15) is 5.75 Å². The smallest absolute Gasteiger partial charge is 0.308 e. The number of esters is 1. The summed E-state index contributed by atoms with van der Waals surface area (Å²) in [6.45, 7) is 1.78. The van der Waals surface area contributed by atoms with E-state index in [1.54, 1.807) is 42.5 Å². The van der Waals surface area contributed by atoms with Crippen molar-refractivity contribution in [1.29, 1.82) is 0 Å². The Morgan fingerprint density at radius 3 is 2.45 bits per heavy atom. The molecular weight excluding hydrogens is 396 g/mol. The summed E-state index contributed by atoms with van der Waals surface area (Å²) in [5.74, 6) is -0.945. The number of benzene rings is 2. The molecule has 0 radical (unpaired) electrons. The Hall–Kier alpha value is -3.06. The Morgan fingerprint density at radius 2 is 1.72 bits per heavy atom. The Morgan fingerprint density at radius 1 is 1.03 bits per heavy atom. The third kappa shape index (κ3) is 6.80. The van der Waals surface area contributed by atoms with Crippen molar-refractivity contribution >= 4 is 29.4 Å². The van der Waals surface area contributed by atoms with Gasteiger partial charge in [-0.2, -0.15) is 0 Å². The van der Waals surface area contributed by atoms with Gasteiger partial charge >= 0.3 is 5.97 Å². The number of amides is 2. The average Bonchev–Trinajstić information content (AvgIpc) is 2.72. The molecule has 2 aromatic rings. The van der Waals surface area contributed by atoms with Crippen LogP contribution in [0.25, 0.3) is 0 Å². The molecule has 2 aromatic carbocycles. The van der Waals surface area contributed by atoms with Crippen molar-refractivity contribution in [3.63, 3.8) is 0 Å². The fourth-order valence-electron chi connectivity index (χ4n) is 2.48. The van der Waals surface area contributed by atoms with Gasteiger partial charge in [0.15, 0.2) is 6.10 Å². The molecule has 0 bridgehead atoms. The average molecular weight is 419 g/mol. The van der Waals surface area contributed by atoms with Crippen molar-refractivity contribution in [2.45, 2.75) is 26.0 Å². The van der Waals surface area contributed by atoms with Gasteiger partial charge in [0.05, 0.1) is 19.1 Å². The van der Waals surface area contributed by atoms with Gasteiger partial charge < -0.3 is 20.1 Å². The maximum absolute atomic E-state index is 12.2. The number of rotatable bonds is 9. The number of ether oxygens (including phenoxy) is 2. The van der Waals surface area contributed by atoms with E-state index in [0.29, 0.717) is 16.3 Å². The van der Waals surface area contributed by atoms with Crippen LogP contribution in [0.3, 0.4) is 0 Å². The predicted octanol–water partition coefficient (Wildman–Crippen LogP) is 2.72. The van der Waals surface area contributed by atoms with Crippen LogP contribution in [0.4, 0.5) is 0 Å². The summed E-state index contributed by atoms with van der Waals surface area (Å²) < 4.78 is 10.2. The SMILES string of the molecule is COc1ccccc1C(=O)NCCC(=O)O[C@H](C)C(=O)NCc1ccccc1Cl. The standard InChI is InChI=1S/C21H23ClN2O5/c1-14(20(26)24-13-15-7-3-5-9-17(15)22)29-19(25)11-12-23-21(27)16-8-4-6-10-18(16)28-2/h3-10,14H,11-13H2,1-2H3,(H,23,27)(H,24,26)/t14-/m1/s1. The third-order valence-electron chi connectivity index (χ3n) is 4.05. The monoisotopic (exact) mass is 418 g/mol. The second-order valence-electron chi connectivity index (χ2n) is 6.15. The number of methoxy groups -OCH3 is 1. The lowest BCUT2D eigenvalue weighted by molar-refractivity contribution is -0.154. The molecule has 0 saturated heterocycles. The van der Waals surface area contributed by atoms with Gasteiger partial charge in [-0.05, 0) is 30.7 Å². The highest BCUT2D eigenvalue weighted by molar-refractivity contribution is 6.31. The van der Waals surface area contributed by atoms with Crippen molar-refractivity contribution in [1.82, 2.24) is 10.6 Å². The predicted molar refractivity (Wildman–Crippen MR) is 109 cm³/mol. The first kappa shape index (κ1) is 22.2. The lowest BCUT2D eigenvalue weighted by Crippen LogP contribution is -2.36. The van der Waals surface area contributed by atoms with Gasteiger partial charge in [0.2, 0.25) is 0 Å². The number of carbonyl (C=O) groups excluding carboxylic acids is 3. The molecule has 2 amide bonds. The molecule has 2 N–H and O–H groups in total. The highest BCUT2D eigenvalue weighted by atomic mass is 35.5. The highest BCUT2D eigenvalue weighted by Gasteiger charge is 2.18. The second-order valence-corrected chi connectivity index (χ2v) is 6.55. The fraction of sp³-hybridized carbons (Fsp3) is 0.286. The van der Waals surface area contributed by atoms with E-state index < -0.39 is 18.0 Å². The number of hydrogen-bond acceptors (Lipinski definition) is 5. The topological polar surface area (TPSA) is 93.7 Å². The minimum Gasteiger partial charge on any atom is -0.496 e. The summed E-state index contributed by atoms with van der Waals surface area (Å²) in [7, 11) is 1.47. The van der Waals surface area contributed by atoms with Crippen molar-refractivity contribution in [2.75, 3.05) is 13.7 Å². The molecule has 0 heterocycles. The first-order valence-corrected chi connectivity index (χ1v) is 9.42. The molecule has 2 rings (SSSR count). The third-order valence-corrected chi connectivity index (χ3v) is 4.42. The summed E-state index contributed by atoms with van der Waals surface area (Å²) in [6, 6.07) is 13.9. The van der Waals surface area contributed by atoms with Crippen LogP contribution >= 0.6 is 11.6 Å². The molecule has 0 aliphatic carbocycles. The normalized spacial score (nSPS) is 11.3. The van der Waals surface area contributed by atoms with Crippen LogP contribution in [0.2, 0.25) is 5.02 Å². The molecule has 0 fully saturated rings. The van der Waals surface area contributed by atoms with E-state index >= 15 is 0 Å². The van der Waals surface area contributed by atoms with Crippen LogP contribution in [-0.4, -0.2) is 37.5 Å². The van der Waals surface area contributed by atoms with Crippen LogP contribution in [0.15, 0.2) is 48.5 Å². The Bertz CT molecular complexity index is 872. The Balaban J connectivity index is 1.73. The molecule has 7 nitrogen and oxygen atoms in total.